The van der Waals surface area contributed by atoms with Crippen LogP contribution in [-0.2, 0) is 0 Å². The van der Waals surface area contributed by atoms with Crippen LogP contribution in [0.1, 0.15) is 5.56 Å². The number of aryl methyl sites for hydroxylation is 1. The van der Waals surface area contributed by atoms with Gasteiger partial charge >= 0.3 is 5.69 Å². The van der Waals surface area contributed by atoms with Crippen molar-refractivity contribution in [3.8, 4) is 11.5 Å². The Morgan fingerprint density at radius 2 is 2.00 bits per heavy atom. The van der Waals surface area contributed by atoms with Crippen LogP contribution >= 0.6 is 0 Å². The number of nitrogens with zero attached hydrogens (tertiary/aromatic N) is 2. The standard InChI is InChI=1S/C14H8F2N2O3/c1-8-5-9(17-2)7-10(6-8)21-14-12(18(19)20)4-3-11(15)13(14)16/h3-7H,1H3. The molecule has 0 amide bonds. The first-order valence-corrected chi connectivity index (χ1v) is 5.71. The van der Waals surface area contributed by atoms with Gasteiger partial charge in [0.1, 0.15) is 5.75 Å². The van der Waals surface area contributed by atoms with Crippen molar-refractivity contribution < 1.29 is 18.4 Å². The first kappa shape index (κ1) is 14.4. The number of hydrogen-bond donors (Lipinski definition) is 0. The van der Waals surface area contributed by atoms with Crippen molar-refractivity contribution in [3.63, 3.8) is 0 Å². The molecule has 0 spiro atoms. The highest BCUT2D eigenvalue weighted by Crippen LogP contribution is 2.36. The number of nitro benzene ring substituents is 1. The van der Waals surface area contributed by atoms with Gasteiger partial charge in [-0.15, -0.1) is 0 Å². The second-order valence-electron chi connectivity index (χ2n) is 4.18. The summed E-state index contributed by atoms with van der Waals surface area (Å²) in [6.07, 6.45) is 0. The predicted molar refractivity (Wildman–Crippen MR) is 70.5 cm³/mol. The zero-order valence-electron chi connectivity index (χ0n) is 10.8. The van der Waals surface area contributed by atoms with Crippen LogP contribution in [-0.4, -0.2) is 4.92 Å². The zero-order valence-corrected chi connectivity index (χ0v) is 10.8. The SMILES string of the molecule is [C-]#[N+]c1cc(C)cc(Oc2c([N+](=O)[O-])ccc(F)c2F)c1. The second-order valence-corrected chi connectivity index (χ2v) is 4.18. The van der Waals surface area contributed by atoms with E-state index in [2.05, 4.69) is 4.85 Å². The Kier molecular flexibility index (Phi) is 3.80. The van der Waals surface area contributed by atoms with Gasteiger partial charge in [-0.1, -0.05) is 11.6 Å². The molecule has 2 rings (SSSR count). The summed E-state index contributed by atoms with van der Waals surface area (Å²) >= 11 is 0. The second kappa shape index (κ2) is 5.54. The third-order valence-electron chi connectivity index (χ3n) is 2.61. The van der Waals surface area contributed by atoms with Gasteiger partial charge in [-0.2, -0.15) is 4.39 Å². The molecule has 0 heterocycles. The topological polar surface area (TPSA) is 56.7 Å². The van der Waals surface area contributed by atoms with Crippen LogP contribution in [0, 0.1) is 35.2 Å². The van der Waals surface area contributed by atoms with Gasteiger partial charge in [0.05, 0.1) is 11.5 Å². The van der Waals surface area contributed by atoms with Gasteiger partial charge in [0.2, 0.25) is 11.6 Å². The Hall–Kier alpha value is -3.01. The van der Waals surface area contributed by atoms with E-state index in [9.17, 15) is 18.9 Å². The van der Waals surface area contributed by atoms with Crippen LogP contribution in [0.4, 0.5) is 20.2 Å². The number of benzene rings is 2. The van der Waals surface area contributed by atoms with Crippen LogP contribution in [0.3, 0.4) is 0 Å². The summed E-state index contributed by atoms with van der Waals surface area (Å²) in [5.41, 5.74) is 0.183. The molecule has 2 aromatic carbocycles. The van der Waals surface area contributed by atoms with E-state index in [0.29, 0.717) is 11.6 Å². The fourth-order valence-corrected chi connectivity index (χ4v) is 1.73. The van der Waals surface area contributed by atoms with E-state index in [1.807, 2.05) is 0 Å². The van der Waals surface area contributed by atoms with Crippen molar-refractivity contribution in [3.05, 3.63) is 69.1 Å². The normalized spacial score (nSPS) is 10.0. The maximum atomic E-state index is 13.7. The minimum absolute atomic E-state index is 0.0219. The molecule has 0 atom stereocenters. The molecule has 2 aromatic rings. The van der Waals surface area contributed by atoms with Crippen molar-refractivity contribution in [1.82, 2.24) is 0 Å². The summed E-state index contributed by atoms with van der Waals surface area (Å²) in [5.74, 6) is -3.50. The van der Waals surface area contributed by atoms with Gasteiger partial charge in [0, 0.05) is 6.07 Å². The molecule has 0 fully saturated rings. The molecule has 5 nitrogen and oxygen atoms in total. The summed E-state index contributed by atoms with van der Waals surface area (Å²) < 4.78 is 32.1. The molecule has 0 aliphatic heterocycles. The third-order valence-corrected chi connectivity index (χ3v) is 2.61. The number of halogens is 2. The molecule has 7 heteroatoms. The molecule has 0 aromatic heterocycles. The smallest absolute Gasteiger partial charge is 0.314 e. The van der Waals surface area contributed by atoms with Crippen LogP contribution < -0.4 is 4.74 Å². The summed E-state index contributed by atoms with van der Waals surface area (Å²) in [4.78, 5) is 13.2. The predicted octanol–water partition coefficient (Wildman–Crippen LogP) is 4.52. The Morgan fingerprint density at radius 3 is 2.62 bits per heavy atom. The lowest BCUT2D eigenvalue weighted by molar-refractivity contribution is -0.385. The van der Waals surface area contributed by atoms with E-state index in [1.165, 1.54) is 12.1 Å². The molecule has 0 radical (unpaired) electrons. The van der Waals surface area contributed by atoms with E-state index in [1.54, 1.807) is 13.0 Å². The maximum absolute atomic E-state index is 13.7. The van der Waals surface area contributed by atoms with Crippen molar-refractivity contribution in [2.24, 2.45) is 0 Å². The average Bonchev–Trinajstić information content (AvgIpc) is 2.43. The molecule has 0 N–H and O–H groups in total. The minimum Gasteiger partial charge on any atom is -0.448 e. The zero-order chi connectivity index (χ0) is 15.6. The van der Waals surface area contributed by atoms with Gasteiger partial charge in [0.15, 0.2) is 11.5 Å². The number of hydrogen-bond acceptors (Lipinski definition) is 3. The Balaban J connectivity index is 2.54. The van der Waals surface area contributed by atoms with Crippen LogP contribution in [0.2, 0.25) is 0 Å². The largest absolute Gasteiger partial charge is 0.448 e. The van der Waals surface area contributed by atoms with Crippen LogP contribution in [0.5, 0.6) is 11.5 Å². The fourth-order valence-electron chi connectivity index (χ4n) is 1.73. The summed E-state index contributed by atoms with van der Waals surface area (Å²) in [6.45, 7) is 8.61. The fraction of sp³-hybridized carbons (Fsp3) is 0.0714. The minimum atomic E-state index is -1.45. The van der Waals surface area contributed by atoms with E-state index < -0.39 is 28.0 Å². The van der Waals surface area contributed by atoms with Crippen molar-refractivity contribution in [1.29, 1.82) is 0 Å². The molecule has 0 aliphatic carbocycles. The number of rotatable bonds is 3. The molecule has 0 aliphatic rings. The molecule has 0 bridgehead atoms. The first-order chi connectivity index (χ1) is 9.92. The van der Waals surface area contributed by atoms with E-state index >= 15 is 0 Å². The van der Waals surface area contributed by atoms with Crippen LogP contribution in [0.15, 0.2) is 30.3 Å². The monoisotopic (exact) mass is 290 g/mol. The summed E-state index contributed by atoms with van der Waals surface area (Å²) in [5, 5.41) is 10.9. The first-order valence-electron chi connectivity index (χ1n) is 5.71. The lowest BCUT2D eigenvalue weighted by Crippen LogP contribution is -1.98. The van der Waals surface area contributed by atoms with Crippen molar-refractivity contribution >= 4 is 11.4 Å². The Bertz CT molecular complexity index is 770. The number of ether oxygens (including phenoxy) is 1. The van der Waals surface area contributed by atoms with Crippen LogP contribution in [0.25, 0.3) is 4.85 Å². The van der Waals surface area contributed by atoms with Gasteiger partial charge in [-0.25, -0.2) is 9.24 Å². The molecule has 106 valence electrons. The maximum Gasteiger partial charge on any atom is 0.314 e. The van der Waals surface area contributed by atoms with Crippen molar-refractivity contribution in [2.45, 2.75) is 6.92 Å². The Labute approximate surface area is 118 Å². The highest BCUT2D eigenvalue weighted by molar-refractivity contribution is 5.55. The van der Waals surface area contributed by atoms with Gasteiger partial charge in [-0.3, -0.25) is 10.1 Å². The Morgan fingerprint density at radius 1 is 1.29 bits per heavy atom. The lowest BCUT2D eigenvalue weighted by atomic mass is 10.2. The molecule has 0 saturated carbocycles. The molecule has 0 saturated heterocycles. The highest BCUT2D eigenvalue weighted by atomic mass is 19.2. The van der Waals surface area contributed by atoms with Gasteiger partial charge < -0.3 is 4.74 Å². The summed E-state index contributed by atoms with van der Waals surface area (Å²) in [7, 11) is 0. The van der Waals surface area contributed by atoms with E-state index in [0.717, 1.165) is 6.07 Å². The average molecular weight is 290 g/mol. The molecular formula is C14H8F2N2O3. The molecule has 21 heavy (non-hydrogen) atoms. The van der Waals surface area contributed by atoms with E-state index in [-0.39, 0.29) is 11.4 Å². The van der Waals surface area contributed by atoms with E-state index in [4.69, 9.17) is 11.3 Å². The number of nitro groups is 1. The van der Waals surface area contributed by atoms with Crippen molar-refractivity contribution in [2.75, 3.05) is 0 Å². The third kappa shape index (κ3) is 2.95. The lowest BCUT2D eigenvalue weighted by Gasteiger charge is -2.09. The van der Waals surface area contributed by atoms with Gasteiger partial charge in [0.25, 0.3) is 0 Å². The quantitative estimate of drug-likeness (QED) is 0.474. The summed E-state index contributed by atoms with van der Waals surface area (Å²) in [6, 6.07) is 5.79. The molecular weight excluding hydrogens is 282 g/mol. The highest BCUT2D eigenvalue weighted by Gasteiger charge is 2.24. The van der Waals surface area contributed by atoms with Gasteiger partial charge in [-0.05, 0) is 25.1 Å². The molecule has 0 unspecified atom stereocenters.